The standard InChI is InChI=1S/C24H33N6O4S/c1-11-9-17-19(14(4)30(11)34)27-22(35-17)18-13(3)26-23(25-12(2)15-5-6-15)28-21(18)29-24(33)8-7-16(10-31)20(24)32/h9,12,15-16,20,31-34H,5-8,10H2,1-4H3,(H2,25,26,28,29)/q+1/t12-,16-,20-,24-/m1/s1. The van der Waals surface area contributed by atoms with Gasteiger partial charge in [0.1, 0.15) is 16.9 Å². The predicted octanol–water partition coefficient (Wildman–Crippen LogP) is 2.28. The normalized spacial score (nSPS) is 25.2. The van der Waals surface area contributed by atoms with Crippen LogP contribution in [0.3, 0.4) is 0 Å². The van der Waals surface area contributed by atoms with Gasteiger partial charge in [-0.25, -0.2) is 9.97 Å². The molecule has 2 aliphatic carbocycles. The molecule has 5 rings (SSSR count). The third-order valence-electron chi connectivity index (χ3n) is 7.38. The Morgan fingerprint density at radius 3 is 2.60 bits per heavy atom. The van der Waals surface area contributed by atoms with Crippen LogP contribution in [0, 0.1) is 32.6 Å². The number of anilines is 2. The first-order valence-electron chi connectivity index (χ1n) is 12.1. The van der Waals surface area contributed by atoms with Crippen molar-refractivity contribution in [1.29, 1.82) is 0 Å². The number of aromatic nitrogens is 4. The Morgan fingerprint density at radius 2 is 1.94 bits per heavy atom. The van der Waals surface area contributed by atoms with E-state index in [-0.39, 0.29) is 19.1 Å². The minimum absolute atomic E-state index is 0.204. The monoisotopic (exact) mass is 501 g/mol. The van der Waals surface area contributed by atoms with E-state index in [4.69, 9.17) is 15.0 Å². The maximum Gasteiger partial charge on any atom is 0.258 e. The Bertz CT molecular complexity index is 1280. The van der Waals surface area contributed by atoms with E-state index in [1.54, 1.807) is 6.92 Å². The average Bonchev–Trinajstić information content (AvgIpc) is 3.52. The summed E-state index contributed by atoms with van der Waals surface area (Å²) in [5, 5.41) is 49.1. The Balaban J connectivity index is 1.61. The SMILES string of the molecule is Cc1nc(N[C@H](C)C2CC2)nc(N[C@@]2(O)CC[C@H](CO)[C@H]2O)c1-c1nc2c(C)[n+](O)c(C)cc2s1. The fourth-order valence-electron chi connectivity index (χ4n) is 4.95. The third kappa shape index (κ3) is 4.31. The van der Waals surface area contributed by atoms with Gasteiger partial charge in [-0.2, -0.15) is 4.98 Å². The number of rotatable bonds is 7. The van der Waals surface area contributed by atoms with Gasteiger partial charge in [0.05, 0.1) is 16.0 Å². The van der Waals surface area contributed by atoms with E-state index in [2.05, 4.69) is 17.6 Å². The summed E-state index contributed by atoms with van der Waals surface area (Å²) in [7, 11) is 0. The zero-order valence-corrected chi connectivity index (χ0v) is 21.2. The van der Waals surface area contributed by atoms with E-state index in [1.165, 1.54) is 24.2 Å². The first-order chi connectivity index (χ1) is 16.6. The number of nitrogens with zero attached hydrogens (tertiary/aromatic N) is 4. The Labute approximate surface area is 207 Å². The molecule has 0 unspecified atom stereocenters. The molecule has 11 heteroatoms. The van der Waals surface area contributed by atoms with Gasteiger partial charge in [0.25, 0.3) is 5.69 Å². The van der Waals surface area contributed by atoms with Crippen molar-refractivity contribution in [2.45, 2.75) is 71.2 Å². The van der Waals surface area contributed by atoms with Crippen LogP contribution in [-0.4, -0.2) is 60.0 Å². The number of aliphatic hydroxyl groups is 3. The fourth-order valence-corrected chi connectivity index (χ4v) is 6.16. The van der Waals surface area contributed by atoms with Crippen LogP contribution in [0.5, 0.6) is 0 Å². The lowest BCUT2D eigenvalue weighted by atomic mass is 10.0. The smallest absolute Gasteiger partial charge is 0.258 e. The van der Waals surface area contributed by atoms with Crippen molar-refractivity contribution in [2.24, 2.45) is 11.8 Å². The van der Waals surface area contributed by atoms with Crippen molar-refractivity contribution in [3.63, 3.8) is 0 Å². The molecule has 0 saturated heterocycles. The lowest BCUT2D eigenvalue weighted by Gasteiger charge is -2.31. The van der Waals surface area contributed by atoms with E-state index in [1.807, 2.05) is 19.9 Å². The first kappa shape index (κ1) is 24.1. The highest BCUT2D eigenvalue weighted by atomic mass is 32.1. The molecule has 3 aromatic rings. The minimum Gasteiger partial charge on any atom is -0.396 e. The van der Waals surface area contributed by atoms with Gasteiger partial charge < -0.3 is 26.0 Å². The molecule has 0 bridgehead atoms. The van der Waals surface area contributed by atoms with Gasteiger partial charge in [-0.15, -0.1) is 11.3 Å². The highest BCUT2D eigenvalue weighted by Crippen LogP contribution is 2.41. The second-order valence-corrected chi connectivity index (χ2v) is 11.0. The Kier molecular flexibility index (Phi) is 6.07. The van der Waals surface area contributed by atoms with Crippen LogP contribution in [0.1, 0.15) is 49.7 Å². The highest BCUT2D eigenvalue weighted by molar-refractivity contribution is 7.21. The molecular weight excluding hydrogens is 468 g/mol. The highest BCUT2D eigenvalue weighted by Gasteiger charge is 2.47. The number of pyridine rings is 1. The van der Waals surface area contributed by atoms with Gasteiger partial charge in [-0.3, -0.25) is 5.21 Å². The number of aliphatic hydroxyl groups excluding tert-OH is 2. The van der Waals surface area contributed by atoms with Gasteiger partial charge in [0.2, 0.25) is 11.6 Å². The zero-order valence-electron chi connectivity index (χ0n) is 20.4. The molecule has 35 heavy (non-hydrogen) atoms. The molecule has 0 amide bonds. The first-order valence-corrected chi connectivity index (χ1v) is 12.9. The molecule has 10 nitrogen and oxygen atoms in total. The quantitative estimate of drug-likeness (QED) is 0.163. The summed E-state index contributed by atoms with van der Waals surface area (Å²) in [6.45, 7) is 7.41. The summed E-state index contributed by atoms with van der Waals surface area (Å²) in [5.74, 6) is 0.999. The van der Waals surface area contributed by atoms with Crippen LogP contribution in [0.15, 0.2) is 6.07 Å². The summed E-state index contributed by atoms with van der Waals surface area (Å²) >= 11 is 1.45. The van der Waals surface area contributed by atoms with Crippen LogP contribution in [0.2, 0.25) is 0 Å². The molecule has 3 aromatic heterocycles. The lowest BCUT2D eigenvalue weighted by Crippen LogP contribution is -2.48. The van der Waals surface area contributed by atoms with Gasteiger partial charge in [0, 0.05) is 43.2 Å². The number of nitrogens with one attached hydrogen (secondary N) is 2. The van der Waals surface area contributed by atoms with Gasteiger partial charge in [-0.1, -0.05) is 0 Å². The van der Waals surface area contributed by atoms with E-state index in [0.29, 0.717) is 57.3 Å². The van der Waals surface area contributed by atoms with Crippen molar-refractivity contribution >= 4 is 33.3 Å². The molecule has 188 valence electrons. The summed E-state index contributed by atoms with van der Waals surface area (Å²) in [6.07, 6.45) is 1.97. The molecule has 2 fully saturated rings. The van der Waals surface area contributed by atoms with Crippen molar-refractivity contribution in [2.75, 3.05) is 17.2 Å². The third-order valence-corrected chi connectivity index (χ3v) is 8.40. The Hall–Kier alpha value is -2.60. The van der Waals surface area contributed by atoms with Crippen LogP contribution < -0.4 is 15.4 Å². The van der Waals surface area contributed by atoms with E-state index in [9.17, 15) is 20.5 Å². The molecule has 4 atom stereocenters. The number of aryl methyl sites for hydroxylation is 3. The molecule has 0 spiro atoms. The van der Waals surface area contributed by atoms with Gasteiger partial charge in [0.15, 0.2) is 11.2 Å². The molecule has 6 N–H and O–H groups in total. The molecular formula is C24H33N6O4S+. The van der Waals surface area contributed by atoms with Crippen LogP contribution in [-0.2, 0) is 0 Å². The average molecular weight is 502 g/mol. The maximum absolute atomic E-state index is 11.3. The molecule has 0 radical (unpaired) electrons. The van der Waals surface area contributed by atoms with Crippen molar-refractivity contribution < 1.29 is 25.3 Å². The van der Waals surface area contributed by atoms with E-state index in [0.717, 1.165) is 9.43 Å². The zero-order chi connectivity index (χ0) is 25.1. The van der Waals surface area contributed by atoms with E-state index < -0.39 is 17.7 Å². The number of hydrogen-bond donors (Lipinski definition) is 6. The molecule has 3 heterocycles. The fraction of sp³-hybridized carbons (Fsp3) is 0.583. The predicted molar refractivity (Wildman–Crippen MR) is 132 cm³/mol. The van der Waals surface area contributed by atoms with Crippen LogP contribution in [0.4, 0.5) is 11.8 Å². The molecule has 0 aromatic carbocycles. The summed E-state index contributed by atoms with van der Waals surface area (Å²) in [5.41, 5.74) is 1.66. The number of hydrogen-bond acceptors (Lipinski definition) is 10. The number of thiazole rings is 1. The van der Waals surface area contributed by atoms with Gasteiger partial charge in [-0.05, 0) is 45.4 Å². The van der Waals surface area contributed by atoms with Crippen molar-refractivity contribution in [1.82, 2.24) is 15.0 Å². The summed E-state index contributed by atoms with van der Waals surface area (Å²) in [4.78, 5) is 14.2. The summed E-state index contributed by atoms with van der Waals surface area (Å²) < 4.78 is 2.03. The minimum atomic E-state index is -1.64. The van der Waals surface area contributed by atoms with Gasteiger partial charge >= 0.3 is 0 Å². The maximum atomic E-state index is 11.3. The molecule has 2 saturated carbocycles. The summed E-state index contributed by atoms with van der Waals surface area (Å²) in [6, 6.07) is 2.10. The van der Waals surface area contributed by atoms with Crippen LogP contribution >= 0.6 is 11.3 Å². The second kappa shape index (κ2) is 8.81. The molecule has 2 aliphatic rings. The van der Waals surface area contributed by atoms with Crippen molar-refractivity contribution in [3.05, 3.63) is 23.1 Å². The second-order valence-electron chi connectivity index (χ2n) is 10.0. The van der Waals surface area contributed by atoms with E-state index >= 15 is 0 Å². The van der Waals surface area contributed by atoms with Crippen LogP contribution in [0.25, 0.3) is 20.8 Å². The Morgan fingerprint density at radius 1 is 1.20 bits per heavy atom. The number of fused-ring (bicyclic) bond motifs is 1. The molecule has 0 aliphatic heterocycles. The lowest BCUT2D eigenvalue weighted by molar-refractivity contribution is -0.911. The van der Waals surface area contributed by atoms with Crippen molar-refractivity contribution in [3.8, 4) is 10.6 Å². The largest absolute Gasteiger partial charge is 0.396 e. The topological polar surface area (TPSA) is 148 Å².